The van der Waals surface area contributed by atoms with Crippen LogP contribution in [0.3, 0.4) is 0 Å². The van der Waals surface area contributed by atoms with Gasteiger partial charge in [-0.3, -0.25) is 0 Å². The van der Waals surface area contributed by atoms with Crippen molar-refractivity contribution in [1.29, 1.82) is 0 Å². The van der Waals surface area contributed by atoms with Crippen molar-refractivity contribution in [2.24, 2.45) is 0 Å². The molecule has 13 heteroatoms. The third-order valence-electron chi connectivity index (χ3n) is 6.07. The van der Waals surface area contributed by atoms with Crippen molar-refractivity contribution in [1.82, 2.24) is 0 Å². The summed E-state index contributed by atoms with van der Waals surface area (Å²) in [6.07, 6.45) is 3.45. The molecule has 0 spiro atoms. The van der Waals surface area contributed by atoms with E-state index in [9.17, 15) is 0 Å². The molecule has 0 aliphatic carbocycles. The van der Waals surface area contributed by atoms with E-state index in [1.54, 1.807) is 26.4 Å². The van der Waals surface area contributed by atoms with E-state index in [1.807, 2.05) is 12.1 Å². The summed E-state index contributed by atoms with van der Waals surface area (Å²) in [4.78, 5) is 0. The average Bonchev–Trinajstić information content (AvgIpc) is 3.09. The van der Waals surface area contributed by atoms with Crippen LogP contribution in [0.15, 0.2) is 25.3 Å². The van der Waals surface area contributed by atoms with E-state index in [2.05, 4.69) is 13.2 Å². The van der Waals surface area contributed by atoms with Gasteiger partial charge < -0.3 is 61.6 Å². The zero-order chi connectivity index (χ0) is 33.9. The van der Waals surface area contributed by atoms with E-state index < -0.39 is 0 Å². The first-order valence-corrected chi connectivity index (χ1v) is 16.1. The second-order valence-corrected chi connectivity index (χ2v) is 9.51. The summed E-state index contributed by atoms with van der Waals surface area (Å²) in [6.45, 7) is 18.8. The van der Waals surface area contributed by atoms with E-state index in [4.69, 9.17) is 61.6 Å². The molecule has 0 aromatic heterocycles. The third-order valence-corrected chi connectivity index (χ3v) is 6.07. The molecule has 0 fully saturated rings. The molecule has 0 radical (unpaired) electrons. The van der Waals surface area contributed by atoms with E-state index in [0.29, 0.717) is 151 Å². The molecule has 1 rings (SSSR count). The van der Waals surface area contributed by atoms with E-state index in [1.165, 1.54) is 0 Å². The van der Waals surface area contributed by atoms with E-state index in [-0.39, 0.29) is 0 Å². The van der Waals surface area contributed by atoms with Gasteiger partial charge in [0, 0.05) is 18.2 Å². The maximum atomic E-state index is 5.84. The largest absolute Gasteiger partial charge is 0.496 e. The summed E-state index contributed by atoms with van der Waals surface area (Å²) in [5, 5.41) is 0. The molecular weight excluding hydrogens is 616 g/mol. The van der Waals surface area contributed by atoms with Crippen LogP contribution >= 0.6 is 0 Å². The van der Waals surface area contributed by atoms with Gasteiger partial charge >= 0.3 is 0 Å². The van der Waals surface area contributed by atoms with Crippen LogP contribution in [0.2, 0.25) is 0 Å². The lowest BCUT2D eigenvalue weighted by molar-refractivity contribution is -0.0273. The van der Waals surface area contributed by atoms with Crippen LogP contribution in [0.25, 0.3) is 12.2 Å². The van der Waals surface area contributed by atoms with Gasteiger partial charge in [-0.2, -0.15) is 0 Å². The number of ether oxygens (including phenoxy) is 13. The number of hydrogen-bond donors (Lipinski definition) is 0. The molecule has 0 unspecified atom stereocenters. The van der Waals surface area contributed by atoms with Crippen molar-refractivity contribution >= 4 is 12.2 Å². The first-order chi connectivity index (χ1) is 23.3. The Bertz CT molecular complexity index is 856. The van der Waals surface area contributed by atoms with Crippen LogP contribution in [0.4, 0.5) is 0 Å². The van der Waals surface area contributed by atoms with Crippen molar-refractivity contribution < 1.29 is 61.6 Å². The second-order valence-electron chi connectivity index (χ2n) is 9.51. The topological polar surface area (TPSA) is 120 Å². The normalized spacial score (nSPS) is 11.2. The first kappa shape index (κ1) is 42.9. The monoisotopic (exact) mass is 674 g/mol. The van der Waals surface area contributed by atoms with Gasteiger partial charge in [0.1, 0.15) is 18.1 Å². The molecule has 0 amide bonds. The fourth-order valence-electron chi connectivity index (χ4n) is 3.65. The van der Waals surface area contributed by atoms with Gasteiger partial charge in [0.25, 0.3) is 0 Å². The van der Waals surface area contributed by atoms with Crippen LogP contribution < -0.4 is 9.47 Å². The van der Waals surface area contributed by atoms with Gasteiger partial charge in [-0.05, 0) is 12.1 Å². The standard InChI is InChI=1S/C34H58O13/c1-5-31-30-34(32(6-2)29-33(31)36-4)47-28-27-46-26-25-45-24-23-44-22-21-43-20-19-42-18-17-41-16-15-40-14-13-39-12-11-38-10-9-37-8-7-35-3/h5-6,29-30H,1-2,7-28H2,3-4H3. The summed E-state index contributed by atoms with van der Waals surface area (Å²) in [6, 6.07) is 3.75. The van der Waals surface area contributed by atoms with Crippen LogP contribution in [0.1, 0.15) is 11.1 Å². The zero-order valence-corrected chi connectivity index (χ0v) is 28.6. The molecule has 1 aromatic rings. The van der Waals surface area contributed by atoms with Crippen molar-refractivity contribution in [3.63, 3.8) is 0 Å². The Balaban J connectivity index is 1.74. The zero-order valence-electron chi connectivity index (χ0n) is 28.6. The van der Waals surface area contributed by atoms with E-state index >= 15 is 0 Å². The Morgan fingerprint density at radius 2 is 0.638 bits per heavy atom. The second kappa shape index (κ2) is 33.7. The Kier molecular flexibility index (Phi) is 30.8. The summed E-state index contributed by atoms with van der Waals surface area (Å²) in [5.41, 5.74) is 1.71. The number of methoxy groups -OCH3 is 2. The minimum absolute atomic E-state index is 0.407. The van der Waals surface area contributed by atoms with Gasteiger partial charge in [-0.25, -0.2) is 0 Å². The number of hydrogen-bond acceptors (Lipinski definition) is 13. The Hall–Kier alpha value is -2.14. The molecule has 0 N–H and O–H groups in total. The van der Waals surface area contributed by atoms with Crippen LogP contribution in [-0.4, -0.2) is 160 Å². The van der Waals surface area contributed by atoms with Gasteiger partial charge in [0.15, 0.2) is 0 Å². The summed E-state index contributed by atoms with van der Waals surface area (Å²) in [5.74, 6) is 1.43. The van der Waals surface area contributed by atoms with Crippen LogP contribution in [0.5, 0.6) is 11.5 Å². The third kappa shape index (κ3) is 25.5. The Morgan fingerprint density at radius 1 is 0.383 bits per heavy atom. The molecule has 13 nitrogen and oxygen atoms in total. The maximum Gasteiger partial charge on any atom is 0.127 e. The number of benzene rings is 1. The van der Waals surface area contributed by atoms with Crippen LogP contribution in [0, 0.1) is 0 Å². The minimum Gasteiger partial charge on any atom is -0.496 e. The average molecular weight is 675 g/mol. The van der Waals surface area contributed by atoms with Gasteiger partial charge in [0.2, 0.25) is 0 Å². The summed E-state index contributed by atoms with van der Waals surface area (Å²) >= 11 is 0. The molecule has 0 saturated carbocycles. The van der Waals surface area contributed by atoms with Gasteiger partial charge in [0.05, 0.1) is 146 Å². The number of rotatable bonds is 37. The fourth-order valence-corrected chi connectivity index (χ4v) is 3.65. The highest BCUT2D eigenvalue weighted by Crippen LogP contribution is 2.30. The van der Waals surface area contributed by atoms with Gasteiger partial charge in [-0.1, -0.05) is 25.3 Å². The molecule has 272 valence electrons. The predicted molar refractivity (Wildman–Crippen MR) is 179 cm³/mol. The highest BCUT2D eigenvalue weighted by atomic mass is 16.6. The molecular formula is C34H58O13. The lowest BCUT2D eigenvalue weighted by Gasteiger charge is -2.13. The SMILES string of the molecule is C=Cc1cc(OCCOCCOCCOCCOCCOCCOCCOCCOCCOCCOCCOC)c(C=C)cc1OC. The molecule has 0 atom stereocenters. The molecule has 0 aliphatic heterocycles. The van der Waals surface area contributed by atoms with Crippen LogP contribution in [-0.2, 0) is 52.1 Å². The Labute approximate surface area is 281 Å². The lowest BCUT2D eigenvalue weighted by atomic mass is 10.1. The first-order valence-electron chi connectivity index (χ1n) is 16.1. The summed E-state index contributed by atoms with van der Waals surface area (Å²) < 4.78 is 70.7. The van der Waals surface area contributed by atoms with Crippen molar-refractivity contribution in [3.05, 3.63) is 36.4 Å². The molecule has 0 saturated heterocycles. The molecule has 0 heterocycles. The van der Waals surface area contributed by atoms with Crippen molar-refractivity contribution in [2.45, 2.75) is 0 Å². The van der Waals surface area contributed by atoms with E-state index in [0.717, 1.165) is 16.9 Å². The van der Waals surface area contributed by atoms with Crippen molar-refractivity contribution in [2.75, 3.05) is 160 Å². The minimum atomic E-state index is 0.407. The highest BCUT2D eigenvalue weighted by Gasteiger charge is 2.08. The molecule has 47 heavy (non-hydrogen) atoms. The Morgan fingerprint density at radius 3 is 0.915 bits per heavy atom. The fraction of sp³-hybridized carbons (Fsp3) is 0.706. The smallest absolute Gasteiger partial charge is 0.127 e. The molecule has 1 aromatic carbocycles. The van der Waals surface area contributed by atoms with Crippen molar-refractivity contribution in [3.8, 4) is 11.5 Å². The summed E-state index contributed by atoms with van der Waals surface area (Å²) in [7, 11) is 3.26. The molecule has 0 aliphatic rings. The van der Waals surface area contributed by atoms with Gasteiger partial charge in [-0.15, -0.1) is 0 Å². The quantitative estimate of drug-likeness (QED) is 0.0963. The highest BCUT2D eigenvalue weighted by molar-refractivity contribution is 5.66. The lowest BCUT2D eigenvalue weighted by Crippen LogP contribution is -2.15. The maximum absolute atomic E-state index is 5.84. The molecule has 0 bridgehead atoms. The predicted octanol–water partition coefficient (Wildman–Crippen LogP) is 3.17.